The Morgan fingerprint density at radius 1 is 1.43 bits per heavy atom. The second kappa shape index (κ2) is 7.14. The van der Waals surface area contributed by atoms with Gasteiger partial charge in [-0.05, 0) is 51.4 Å². The van der Waals surface area contributed by atoms with Crippen molar-refractivity contribution in [1.29, 1.82) is 0 Å². The molecule has 4 nitrogen and oxygen atoms in total. The summed E-state index contributed by atoms with van der Waals surface area (Å²) in [6.45, 7) is 5.14. The summed E-state index contributed by atoms with van der Waals surface area (Å²) in [5, 5.41) is 3.48. The van der Waals surface area contributed by atoms with Crippen molar-refractivity contribution >= 4 is 28.9 Å². The SMILES string of the molecule is CC1CCCCCN1C(C)C(=O)Nc1ccc(Cl)cc1N. The zero-order valence-corrected chi connectivity index (χ0v) is 13.5. The van der Waals surface area contributed by atoms with E-state index < -0.39 is 0 Å². The first kappa shape index (κ1) is 16.1. The fourth-order valence-corrected chi connectivity index (χ4v) is 3.09. The van der Waals surface area contributed by atoms with E-state index in [2.05, 4.69) is 17.1 Å². The van der Waals surface area contributed by atoms with E-state index in [1.54, 1.807) is 18.2 Å². The molecule has 1 fully saturated rings. The molecule has 1 heterocycles. The molecule has 1 aliphatic heterocycles. The summed E-state index contributed by atoms with van der Waals surface area (Å²) in [4.78, 5) is 14.8. The first-order chi connectivity index (χ1) is 9.99. The molecule has 2 rings (SSSR count). The second-order valence-electron chi connectivity index (χ2n) is 5.83. The number of nitrogens with zero attached hydrogens (tertiary/aromatic N) is 1. The van der Waals surface area contributed by atoms with Crippen molar-refractivity contribution in [2.24, 2.45) is 0 Å². The summed E-state index contributed by atoms with van der Waals surface area (Å²) in [6, 6.07) is 5.40. The maximum atomic E-state index is 12.5. The summed E-state index contributed by atoms with van der Waals surface area (Å²) in [7, 11) is 0. The molecule has 5 heteroatoms. The maximum Gasteiger partial charge on any atom is 0.241 e. The standard InChI is InChI=1S/C16H24ClN3O/c1-11-6-4-3-5-9-20(11)12(2)16(21)19-15-8-7-13(17)10-14(15)18/h7-8,10-12H,3-6,9,18H2,1-2H3,(H,19,21). The van der Waals surface area contributed by atoms with Gasteiger partial charge < -0.3 is 11.1 Å². The molecule has 0 spiro atoms. The highest BCUT2D eigenvalue weighted by Gasteiger charge is 2.26. The first-order valence-corrected chi connectivity index (χ1v) is 7.98. The quantitative estimate of drug-likeness (QED) is 0.840. The number of carbonyl (C=O) groups is 1. The van der Waals surface area contributed by atoms with Gasteiger partial charge in [0, 0.05) is 11.1 Å². The van der Waals surface area contributed by atoms with Crippen molar-refractivity contribution in [2.45, 2.75) is 51.6 Å². The topological polar surface area (TPSA) is 58.4 Å². The first-order valence-electron chi connectivity index (χ1n) is 7.60. The molecule has 21 heavy (non-hydrogen) atoms. The van der Waals surface area contributed by atoms with Crippen LogP contribution in [0.3, 0.4) is 0 Å². The monoisotopic (exact) mass is 309 g/mol. The summed E-state index contributed by atoms with van der Waals surface area (Å²) in [5.74, 6) is -0.0160. The van der Waals surface area contributed by atoms with Crippen LogP contribution in [0.5, 0.6) is 0 Å². The number of rotatable bonds is 3. The largest absolute Gasteiger partial charge is 0.397 e. The van der Waals surface area contributed by atoms with Crippen LogP contribution in [0.15, 0.2) is 18.2 Å². The number of hydrogen-bond acceptors (Lipinski definition) is 3. The summed E-state index contributed by atoms with van der Waals surface area (Å²) in [5.41, 5.74) is 7.00. The van der Waals surface area contributed by atoms with Crippen LogP contribution in [-0.4, -0.2) is 29.4 Å². The van der Waals surface area contributed by atoms with Gasteiger partial charge in [-0.3, -0.25) is 9.69 Å². The number of likely N-dealkylation sites (tertiary alicyclic amines) is 1. The van der Waals surface area contributed by atoms with E-state index in [-0.39, 0.29) is 11.9 Å². The highest BCUT2D eigenvalue weighted by atomic mass is 35.5. The summed E-state index contributed by atoms with van der Waals surface area (Å²) < 4.78 is 0. The highest BCUT2D eigenvalue weighted by Crippen LogP contribution is 2.24. The van der Waals surface area contributed by atoms with Gasteiger partial charge in [-0.1, -0.05) is 24.4 Å². The van der Waals surface area contributed by atoms with Crippen LogP contribution in [-0.2, 0) is 4.79 Å². The van der Waals surface area contributed by atoms with Gasteiger partial charge in [0.2, 0.25) is 5.91 Å². The molecule has 0 aromatic heterocycles. The van der Waals surface area contributed by atoms with Crippen LogP contribution in [0.2, 0.25) is 5.02 Å². The summed E-state index contributed by atoms with van der Waals surface area (Å²) in [6.07, 6.45) is 4.81. The van der Waals surface area contributed by atoms with E-state index in [0.717, 1.165) is 19.4 Å². The average molecular weight is 310 g/mol. The third-order valence-electron chi connectivity index (χ3n) is 4.25. The van der Waals surface area contributed by atoms with Crippen LogP contribution in [0, 0.1) is 0 Å². The van der Waals surface area contributed by atoms with Crippen molar-refractivity contribution in [3.05, 3.63) is 23.2 Å². The van der Waals surface area contributed by atoms with E-state index in [1.165, 1.54) is 12.8 Å². The van der Waals surface area contributed by atoms with Crippen LogP contribution >= 0.6 is 11.6 Å². The van der Waals surface area contributed by atoms with Gasteiger partial charge in [0.1, 0.15) is 0 Å². The number of carbonyl (C=O) groups excluding carboxylic acids is 1. The van der Waals surface area contributed by atoms with Crippen molar-refractivity contribution in [3.8, 4) is 0 Å². The van der Waals surface area contributed by atoms with Crippen molar-refractivity contribution < 1.29 is 4.79 Å². The minimum Gasteiger partial charge on any atom is -0.397 e. The van der Waals surface area contributed by atoms with Crippen LogP contribution < -0.4 is 11.1 Å². The zero-order valence-electron chi connectivity index (χ0n) is 12.7. The van der Waals surface area contributed by atoms with E-state index in [1.807, 2.05) is 6.92 Å². The number of amides is 1. The smallest absolute Gasteiger partial charge is 0.241 e. The molecule has 2 atom stereocenters. The zero-order chi connectivity index (χ0) is 15.4. The fraction of sp³-hybridized carbons (Fsp3) is 0.562. The van der Waals surface area contributed by atoms with E-state index in [4.69, 9.17) is 17.3 Å². The van der Waals surface area contributed by atoms with Gasteiger partial charge in [0.15, 0.2) is 0 Å². The lowest BCUT2D eigenvalue weighted by molar-refractivity contribution is -0.121. The van der Waals surface area contributed by atoms with Crippen LogP contribution in [0.25, 0.3) is 0 Å². The molecule has 1 aliphatic rings. The Labute approximate surface area is 131 Å². The number of halogens is 1. The normalized spacial score (nSPS) is 21.6. The third kappa shape index (κ3) is 4.11. The molecule has 1 amide bonds. The minimum atomic E-state index is -0.159. The maximum absolute atomic E-state index is 12.5. The van der Waals surface area contributed by atoms with Crippen LogP contribution in [0.1, 0.15) is 39.5 Å². The van der Waals surface area contributed by atoms with E-state index in [0.29, 0.717) is 22.4 Å². The average Bonchev–Trinajstić information content (AvgIpc) is 2.65. The fourth-order valence-electron chi connectivity index (χ4n) is 2.91. The number of benzene rings is 1. The summed E-state index contributed by atoms with van der Waals surface area (Å²) >= 11 is 5.87. The molecule has 0 bridgehead atoms. The lowest BCUT2D eigenvalue weighted by Crippen LogP contribution is -2.46. The Balaban J connectivity index is 2.04. The lowest BCUT2D eigenvalue weighted by Gasteiger charge is -2.32. The Morgan fingerprint density at radius 2 is 2.19 bits per heavy atom. The molecule has 1 aromatic carbocycles. The molecule has 3 N–H and O–H groups in total. The molecule has 0 aliphatic carbocycles. The Bertz CT molecular complexity index is 506. The van der Waals surface area contributed by atoms with Crippen molar-refractivity contribution in [2.75, 3.05) is 17.6 Å². The molecule has 0 saturated carbocycles. The van der Waals surface area contributed by atoms with Gasteiger partial charge in [0.25, 0.3) is 0 Å². The molecule has 0 radical (unpaired) electrons. The van der Waals surface area contributed by atoms with E-state index in [9.17, 15) is 4.79 Å². The van der Waals surface area contributed by atoms with Crippen LogP contribution in [0.4, 0.5) is 11.4 Å². The highest BCUT2D eigenvalue weighted by molar-refractivity contribution is 6.31. The van der Waals surface area contributed by atoms with Gasteiger partial charge >= 0.3 is 0 Å². The predicted octanol–water partition coefficient (Wildman–Crippen LogP) is 3.51. The minimum absolute atomic E-state index is 0.0160. The molecule has 1 aromatic rings. The predicted molar refractivity (Wildman–Crippen MR) is 88.6 cm³/mol. The Kier molecular flexibility index (Phi) is 5.48. The Morgan fingerprint density at radius 3 is 2.90 bits per heavy atom. The molecule has 116 valence electrons. The molecular weight excluding hydrogens is 286 g/mol. The Hall–Kier alpha value is -1.26. The number of hydrogen-bond donors (Lipinski definition) is 2. The lowest BCUT2D eigenvalue weighted by atomic mass is 10.1. The molecule has 2 unspecified atom stereocenters. The number of nitrogens with two attached hydrogens (primary N) is 1. The number of anilines is 2. The van der Waals surface area contributed by atoms with Crippen molar-refractivity contribution in [3.63, 3.8) is 0 Å². The van der Waals surface area contributed by atoms with Gasteiger partial charge in [-0.15, -0.1) is 0 Å². The number of nitrogens with one attached hydrogen (secondary N) is 1. The molecule has 1 saturated heterocycles. The second-order valence-corrected chi connectivity index (χ2v) is 6.27. The van der Waals surface area contributed by atoms with Gasteiger partial charge in [0.05, 0.1) is 17.4 Å². The third-order valence-corrected chi connectivity index (χ3v) is 4.49. The van der Waals surface area contributed by atoms with Gasteiger partial charge in [-0.2, -0.15) is 0 Å². The van der Waals surface area contributed by atoms with Crippen molar-refractivity contribution in [1.82, 2.24) is 4.90 Å². The molecular formula is C16H24ClN3O. The van der Waals surface area contributed by atoms with E-state index >= 15 is 0 Å². The number of nitrogen functional groups attached to an aromatic ring is 1. The van der Waals surface area contributed by atoms with Gasteiger partial charge in [-0.25, -0.2) is 0 Å².